The van der Waals surface area contributed by atoms with E-state index in [1.807, 2.05) is 39.5 Å². The fraction of sp³-hybridized carbons (Fsp3) is 0.857. The van der Waals surface area contributed by atoms with Gasteiger partial charge in [-0.25, -0.2) is 0 Å². The lowest BCUT2D eigenvalue weighted by molar-refractivity contribution is -0.143. The minimum Gasteiger partial charge on any atom is -0.362 e. The van der Waals surface area contributed by atoms with Gasteiger partial charge in [0.25, 0.3) is 0 Å². The quantitative estimate of drug-likeness (QED) is 0.600. The second-order valence-corrected chi connectivity index (χ2v) is 4.76. The Hall–Kier alpha value is -1.14. The Balaban J connectivity index is 4.23. The van der Waals surface area contributed by atoms with Crippen molar-refractivity contribution in [1.82, 2.24) is 4.90 Å². The Morgan fingerprint density at radius 3 is 1.53 bits per heavy atom. The van der Waals surface area contributed by atoms with Crippen LogP contribution in [0.15, 0.2) is 0 Å². The summed E-state index contributed by atoms with van der Waals surface area (Å²) >= 11 is 0. The summed E-state index contributed by atoms with van der Waals surface area (Å²) < 4.78 is 11.3. The fourth-order valence-electron chi connectivity index (χ4n) is 1.64. The summed E-state index contributed by atoms with van der Waals surface area (Å²) in [5.41, 5.74) is 0. The first kappa shape index (κ1) is 17.9. The minimum atomic E-state index is -0.117. The molecule has 0 fully saturated rings. The molecule has 0 N–H and O–H groups in total. The van der Waals surface area contributed by atoms with Gasteiger partial charge in [-0.05, 0) is 27.7 Å². The van der Waals surface area contributed by atoms with E-state index >= 15 is 0 Å². The first-order valence-corrected chi connectivity index (χ1v) is 6.74. The summed E-state index contributed by atoms with van der Waals surface area (Å²) in [6.45, 7) is 11.2. The van der Waals surface area contributed by atoms with Gasteiger partial charge in [0.15, 0.2) is 0 Å². The molecule has 108 valence electrons. The highest BCUT2D eigenvalue weighted by molar-refractivity contribution is 4.79. The summed E-state index contributed by atoms with van der Waals surface area (Å²) in [5.74, 6) is -0.230. The van der Waals surface area contributed by atoms with Gasteiger partial charge in [0, 0.05) is 6.54 Å². The van der Waals surface area contributed by atoms with Crippen LogP contribution in [0.2, 0.25) is 0 Å². The van der Waals surface area contributed by atoms with E-state index in [2.05, 4.69) is 12.1 Å². The SMILES string of the molecule is CCN(C(C)OCC(C)C#N)C(C)OCC(C)C#N. The van der Waals surface area contributed by atoms with Gasteiger partial charge in [-0.3, -0.25) is 4.90 Å². The predicted octanol–water partition coefficient (Wildman–Crippen LogP) is 2.35. The van der Waals surface area contributed by atoms with Crippen molar-refractivity contribution >= 4 is 0 Å². The van der Waals surface area contributed by atoms with E-state index in [0.29, 0.717) is 13.2 Å². The van der Waals surface area contributed by atoms with Crippen LogP contribution in [0.1, 0.15) is 34.6 Å². The van der Waals surface area contributed by atoms with Crippen molar-refractivity contribution < 1.29 is 9.47 Å². The van der Waals surface area contributed by atoms with Gasteiger partial charge >= 0.3 is 0 Å². The topological polar surface area (TPSA) is 69.3 Å². The Morgan fingerprint density at radius 2 is 1.26 bits per heavy atom. The van der Waals surface area contributed by atoms with Crippen molar-refractivity contribution in [3.8, 4) is 12.1 Å². The van der Waals surface area contributed by atoms with E-state index < -0.39 is 0 Å². The van der Waals surface area contributed by atoms with Gasteiger partial charge < -0.3 is 9.47 Å². The highest BCUT2D eigenvalue weighted by Gasteiger charge is 2.20. The zero-order valence-electron chi connectivity index (χ0n) is 12.6. The van der Waals surface area contributed by atoms with Crippen molar-refractivity contribution in [2.75, 3.05) is 19.8 Å². The van der Waals surface area contributed by atoms with Gasteiger partial charge in [-0.2, -0.15) is 10.5 Å². The third-order valence-electron chi connectivity index (χ3n) is 2.91. The van der Waals surface area contributed by atoms with Crippen LogP contribution in [0.3, 0.4) is 0 Å². The van der Waals surface area contributed by atoms with E-state index in [-0.39, 0.29) is 24.3 Å². The third kappa shape index (κ3) is 7.12. The molecule has 0 radical (unpaired) electrons. The van der Waals surface area contributed by atoms with Gasteiger partial charge in [-0.1, -0.05) is 6.92 Å². The zero-order chi connectivity index (χ0) is 14.8. The van der Waals surface area contributed by atoms with Crippen LogP contribution in [0.4, 0.5) is 0 Å². The molecule has 0 aromatic rings. The number of nitrogens with zero attached hydrogens (tertiary/aromatic N) is 3. The largest absolute Gasteiger partial charge is 0.362 e. The second kappa shape index (κ2) is 9.75. The monoisotopic (exact) mass is 267 g/mol. The van der Waals surface area contributed by atoms with E-state index in [4.69, 9.17) is 20.0 Å². The highest BCUT2D eigenvalue weighted by Crippen LogP contribution is 2.10. The molecular weight excluding hydrogens is 242 g/mol. The van der Waals surface area contributed by atoms with Crippen LogP contribution in [0, 0.1) is 34.5 Å². The van der Waals surface area contributed by atoms with Crippen molar-refractivity contribution in [1.29, 1.82) is 10.5 Å². The Labute approximate surface area is 116 Å². The number of nitriles is 2. The maximum atomic E-state index is 8.73. The van der Waals surface area contributed by atoms with Crippen LogP contribution in [0.5, 0.6) is 0 Å². The molecular formula is C14H25N3O2. The lowest BCUT2D eigenvalue weighted by atomic mass is 10.2. The summed E-state index contributed by atoms with van der Waals surface area (Å²) in [7, 11) is 0. The number of rotatable bonds is 9. The lowest BCUT2D eigenvalue weighted by Crippen LogP contribution is -2.43. The van der Waals surface area contributed by atoms with Gasteiger partial charge in [0.1, 0.15) is 12.5 Å². The Morgan fingerprint density at radius 1 is 0.895 bits per heavy atom. The third-order valence-corrected chi connectivity index (χ3v) is 2.91. The standard InChI is InChI=1S/C14H25N3O2/c1-6-17(13(4)18-9-11(2)7-15)14(5)19-10-12(3)8-16/h11-14H,6,9-10H2,1-5H3. The van der Waals surface area contributed by atoms with Crippen LogP contribution in [-0.2, 0) is 9.47 Å². The number of ether oxygens (including phenoxy) is 2. The lowest BCUT2D eigenvalue weighted by Gasteiger charge is -2.33. The molecule has 0 aliphatic rings. The molecule has 0 amide bonds. The molecule has 0 aromatic heterocycles. The molecule has 0 bridgehead atoms. The molecule has 0 rings (SSSR count). The zero-order valence-corrected chi connectivity index (χ0v) is 12.6. The summed E-state index contributed by atoms with van der Waals surface area (Å²) in [4.78, 5) is 2.05. The summed E-state index contributed by atoms with van der Waals surface area (Å²) in [6.07, 6.45) is -0.235. The Kier molecular flexibility index (Phi) is 9.16. The minimum absolute atomic E-state index is 0.115. The first-order chi connectivity index (χ1) is 8.96. The molecule has 19 heavy (non-hydrogen) atoms. The molecule has 5 nitrogen and oxygen atoms in total. The van der Waals surface area contributed by atoms with Crippen LogP contribution < -0.4 is 0 Å². The van der Waals surface area contributed by atoms with Gasteiger partial charge in [-0.15, -0.1) is 0 Å². The summed E-state index contributed by atoms with van der Waals surface area (Å²) in [5, 5.41) is 17.5. The first-order valence-electron chi connectivity index (χ1n) is 6.74. The van der Waals surface area contributed by atoms with Crippen LogP contribution in [-0.4, -0.2) is 37.1 Å². The van der Waals surface area contributed by atoms with Crippen LogP contribution >= 0.6 is 0 Å². The molecule has 0 spiro atoms. The van der Waals surface area contributed by atoms with Crippen molar-refractivity contribution in [2.45, 2.75) is 47.1 Å². The van der Waals surface area contributed by atoms with E-state index in [1.165, 1.54) is 0 Å². The maximum absolute atomic E-state index is 8.73. The van der Waals surface area contributed by atoms with Gasteiger partial charge in [0.2, 0.25) is 0 Å². The maximum Gasteiger partial charge on any atom is 0.109 e. The van der Waals surface area contributed by atoms with E-state index in [9.17, 15) is 0 Å². The number of hydrogen-bond donors (Lipinski definition) is 0. The van der Waals surface area contributed by atoms with Gasteiger partial charge in [0.05, 0.1) is 37.2 Å². The second-order valence-electron chi connectivity index (χ2n) is 4.76. The van der Waals surface area contributed by atoms with E-state index in [0.717, 1.165) is 6.54 Å². The molecule has 4 atom stereocenters. The molecule has 5 heteroatoms. The van der Waals surface area contributed by atoms with Crippen molar-refractivity contribution in [2.24, 2.45) is 11.8 Å². The molecule has 4 unspecified atom stereocenters. The molecule has 0 aliphatic heterocycles. The van der Waals surface area contributed by atoms with E-state index in [1.54, 1.807) is 0 Å². The molecule has 0 aromatic carbocycles. The van der Waals surface area contributed by atoms with Crippen molar-refractivity contribution in [3.63, 3.8) is 0 Å². The molecule has 0 saturated carbocycles. The molecule has 0 aliphatic carbocycles. The molecule has 0 heterocycles. The predicted molar refractivity (Wildman–Crippen MR) is 72.8 cm³/mol. The average Bonchev–Trinajstić information content (AvgIpc) is 2.42. The Bertz CT molecular complexity index is 292. The molecule has 0 saturated heterocycles. The fourth-order valence-corrected chi connectivity index (χ4v) is 1.64. The van der Waals surface area contributed by atoms with Crippen LogP contribution in [0.25, 0.3) is 0 Å². The normalized spacial score (nSPS) is 17.3. The number of hydrogen-bond acceptors (Lipinski definition) is 5. The summed E-state index contributed by atoms with van der Waals surface area (Å²) in [6, 6.07) is 4.29. The highest BCUT2D eigenvalue weighted by atomic mass is 16.5. The van der Waals surface area contributed by atoms with Crippen molar-refractivity contribution in [3.05, 3.63) is 0 Å². The average molecular weight is 267 g/mol. The smallest absolute Gasteiger partial charge is 0.109 e.